The molecule has 0 amide bonds. The van der Waals surface area contributed by atoms with Crippen LogP contribution in [0.25, 0.3) is 0 Å². The summed E-state index contributed by atoms with van der Waals surface area (Å²) < 4.78 is 28.0. The van der Waals surface area contributed by atoms with E-state index in [1.807, 2.05) is 18.3 Å². The van der Waals surface area contributed by atoms with E-state index >= 15 is 0 Å². The van der Waals surface area contributed by atoms with Gasteiger partial charge < -0.3 is 10.6 Å². The fourth-order valence-electron chi connectivity index (χ4n) is 4.03. The van der Waals surface area contributed by atoms with Crippen LogP contribution in [0.2, 0.25) is 0 Å². The van der Waals surface area contributed by atoms with Gasteiger partial charge in [-0.1, -0.05) is 12.1 Å². The number of pyridine rings is 1. The first-order chi connectivity index (χ1) is 14.1. The third kappa shape index (κ3) is 5.66. The number of piperidine rings is 1. The summed E-state index contributed by atoms with van der Waals surface area (Å²) in [6.07, 6.45) is 4.58. The minimum absolute atomic E-state index is 0. The molecule has 2 aliphatic rings. The Morgan fingerprint density at radius 2 is 1.83 bits per heavy atom. The number of hydrogen-bond acceptors (Lipinski definition) is 3. The van der Waals surface area contributed by atoms with Crippen LogP contribution in [0, 0.1) is 11.6 Å². The summed E-state index contributed by atoms with van der Waals surface area (Å²) in [5.74, 6) is -0.377. The molecule has 0 radical (unpaired) electrons. The van der Waals surface area contributed by atoms with E-state index < -0.39 is 11.6 Å². The van der Waals surface area contributed by atoms with E-state index in [0.29, 0.717) is 18.4 Å². The minimum Gasteiger partial charge on any atom is -0.354 e. The molecule has 1 saturated carbocycles. The summed E-state index contributed by atoms with van der Waals surface area (Å²) in [6, 6.07) is 10.4. The van der Waals surface area contributed by atoms with Gasteiger partial charge >= 0.3 is 0 Å². The Labute approximate surface area is 193 Å². The van der Waals surface area contributed by atoms with Crippen molar-refractivity contribution in [3.05, 3.63) is 65.5 Å². The standard InChI is InChI=1S/C22H27F2N5.HI/c1-25-22(28-20-13-17(20)21-18(23)6-4-7-19(21)24)27-15-8-11-29(12-9-15)14-16-5-2-3-10-26-16;/h2-7,10,15,17,20H,8-9,11-14H2,1H3,(H2,25,27,28);1H. The zero-order valence-electron chi connectivity index (χ0n) is 17.0. The van der Waals surface area contributed by atoms with Crippen molar-refractivity contribution in [1.82, 2.24) is 20.5 Å². The average molecular weight is 527 g/mol. The van der Waals surface area contributed by atoms with Crippen molar-refractivity contribution in [2.45, 2.75) is 43.8 Å². The first-order valence-electron chi connectivity index (χ1n) is 10.2. The molecule has 162 valence electrons. The molecule has 1 saturated heterocycles. The number of nitrogens with zero attached hydrogens (tertiary/aromatic N) is 3. The van der Waals surface area contributed by atoms with Crippen molar-refractivity contribution < 1.29 is 8.78 Å². The molecule has 5 nitrogen and oxygen atoms in total. The number of halogens is 3. The van der Waals surface area contributed by atoms with Gasteiger partial charge in [-0.25, -0.2) is 8.78 Å². The first-order valence-corrected chi connectivity index (χ1v) is 10.2. The average Bonchev–Trinajstić information content (AvgIpc) is 3.48. The molecule has 1 aromatic heterocycles. The summed E-state index contributed by atoms with van der Waals surface area (Å²) in [6.45, 7) is 2.87. The van der Waals surface area contributed by atoms with Gasteiger partial charge in [0.25, 0.3) is 0 Å². The minimum atomic E-state index is -0.470. The van der Waals surface area contributed by atoms with Crippen LogP contribution in [0.15, 0.2) is 47.6 Å². The first kappa shape index (κ1) is 22.9. The molecular weight excluding hydrogens is 499 g/mol. The van der Waals surface area contributed by atoms with E-state index in [0.717, 1.165) is 38.2 Å². The van der Waals surface area contributed by atoms with E-state index in [9.17, 15) is 8.78 Å². The Hall–Kier alpha value is -1.81. The Morgan fingerprint density at radius 3 is 2.47 bits per heavy atom. The SMILES string of the molecule is CN=C(NC1CCN(Cc2ccccn2)CC1)NC1CC1c1c(F)cccc1F.I. The van der Waals surface area contributed by atoms with Crippen LogP contribution >= 0.6 is 24.0 Å². The monoisotopic (exact) mass is 527 g/mol. The lowest BCUT2D eigenvalue weighted by atomic mass is 10.0. The van der Waals surface area contributed by atoms with Crippen LogP contribution < -0.4 is 10.6 Å². The second-order valence-electron chi connectivity index (χ2n) is 7.82. The summed E-state index contributed by atoms with van der Waals surface area (Å²) >= 11 is 0. The Balaban J connectivity index is 0.00000256. The van der Waals surface area contributed by atoms with E-state index in [4.69, 9.17) is 0 Å². The Morgan fingerprint density at radius 1 is 1.10 bits per heavy atom. The Kier molecular flexibility index (Phi) is 7.99. The maximum atomic E-state index is 14.0. The van der Waals surface area contributed by atoms with Crippen molar-refractivity contribution in [1.29, 1.82) is 0 Å². The molecule has 8 heteroatoms. The predicted octanol–water partition coefficient (Wildman–Crippen LogP) is 3.66. The van der Waals surface area contributed by atoms with Crippen molar-refractivity contribution in [3.63, 3.8) is 0 Å². The molecule has 0 spiro atoms. The van der Waals surface area contributed by atoms with E-state index in [-0.39, 0.29) is 41.5 Å². The third-order valence-electron chi connectivity index (χ3n) is 5.75. The molecule has 2 N–H and O–H groups in total. The molecule has 2 fully saturated rings. The van der Waals surface area contributed by atoms with Crippen molar-refractivity contribution in [2.75, 3.05) is 20.1 Å². The van der Waals surface area contributed by atoms with Gasteiger partial charge in [-0.3, -0.25) is 14.9 Å². The fourth-order valence-corrected chi connectivity index (χ4v) is 4.03. The highest BCUT2D eigenvalue weighted by molar-refractivity contribution is 14.0. The van der Waals surface area contributed by atoms with Crippen LogP contribution in [-0.2, 0) is 6.54 Å². The number of guanidine groups is 1. The number of aliphatic imine (C=N–C) groups is 1. The maximum Gasteiger partial charge on any atom is 0.191 e. The summed E-state index contributed by atoms with van der Waals surface area (Å²) in [5, 5.41) is 6.80. The zero-order chi connectivity index (χ0) is 20.2. The fraction of sp³-hybridized carbons (Fsp3) is 0.455. The number of rotatable bonds is 5. The van der Waals surface area contributed by atoms with Gasteiger partial charge in [-0.2, -0.15) is 0 Å². The normalized spacial score (nSPS) is 22.3. The number of nitrogens with one attached hydrogen (secondary N) is 2. The molecule has 30 heavy (non-hydrogen) atoms. The largest absolute Gasteiger partial charge is 0.354 e. The van der Waals surface area contributed by atoms with Crippen LogP contribution in [-0.4, -0.2) is 48.1 Å². The highest BCUT2D eigenvalue weighted by Gasteiger charge is 2.42. The van der Waals surface area contributed by atoms with Crippen LogP contribution in [0.5, 0.6) is 0 Å². The van der Waals surface area contributed by atoms with E-state index in [2.05, 4.69) is 31.6 Å². The van der Waals surface area contributed by atoms with E-state index in [1.165, 1.54) is 18.2 Å². The van der Waals surface area contributed by atoms with Crippen molar-refractivity contribution in [3.8, 4) is 0 Å². The second kappa shape index (κ2) is 10.5. The van der Waals surface area contributed by atoms with Crippen LogP contribution in [0.4, 0.5) is 8.78 Å². The summed E-state index contributed by atoms with van der Waals surface area (Å²) in [5.41, 5.74) is 1.28. The van der Waals surface area contributed by atoms with Crippen molar-refractivity contribution >= 4 is 29.9 Å². The predicted molar refractivity (Wildman–Crippen MR) is 125 cm³/mol. The van der Waals surface area contributed by atoms with Gasteiger partial charge in [-0.05, 0) is 43.5 Å². The molecule has 1 aliphatic heterocycles. The highest BCUT2D eigenvalue weighted by Crippen LogP contribution is 2.43. The lowest BCUT2D eigenvalue weighted by Crippen LogP contribution is -2.49. The number of likely N-dealkylation sites (tertiary alicyclic amines) is 1. The topological polar surface area (TPSA) is 52.6 Å². The molecule has 2 aromatic rings. The van der Waals surface area contributed by atoms with Crippen LogP contribution in [0.3, 0.4) is 0 Å². The molecule has 2 atom stereocenters. The molecule has 1 aromatic carbocycles. The third-order valence-corrected chi connectivity index (χ3v) is 5.75. The maximum absolute atomic E-state index is 14.0. The lowest BCUT2D eigenvalue weighted by molar-refractivity contribution is 0.196. The lowest BCUT2D eigenvalue weighted by Gasteiger charge is -2.32. The quantitative estimate of drug-likeness (QED) is 0.354. The van der Waals surface area contributed by atoms with Gasteiger partial charge in [0.1, 0.15) is 11.6 Å². The molecule has 0 bridgehead atoms. The highest BCUT2D eigenvalue weighted by atomic mass is 127. The number of aromatic nitrogens is 1. The molecular formula is C22H28F2IN5. The van der Waals surface area contributed by atoms with Gasteiger partial charge in [0.05, 0.1) is 5.69 Å². The van der Waals surface area contributed by atoms with Gasteiger partial charge in [0.15, 0.2) is 5.96 Å². The molecule has 2 unspecified atom stereocenters. The zero-order valence-corrected chi connectivity index (χ0v) is 19.4. The van der Waals surface area contributed by atoms with Gasteiger partial charge in [-0.15, -0.1) is 24.0 Å². The number of benzene rings is 1. The Bertz CT molecular complexity index is 836. The molecule has 2 heterocycles. The van der Waals surface area contributed by atoms with Gasteiger partial charge in [0, 0.05) is 56.4 Å². The summed E-state index contributed by atoms with van der Waals surface area (Å²) in [7, 11) is 1.73. The summed E-state index contributed by atoms with van der Waals surface area (Å²) in [4.78, 5) is 11.1. The van der Waals surface area contributed by atoms with E-state index in [1.54, 1.807) is 7.05 Å². The van der Waals surface area contributed by atoms with Gasteiger partial charge in [0.2, 0.25) is 0 Å². The van der Waals surface area contributed by atoms with Crippen molar-refractivity contribution in [2.24, 2.45) is 4.99 Å². The van der Waals surface area contributed by atoms with Crippen LogP contribution in [0.1, 0.15) is 36.4 Å². The smallest absolute Gasteiger partial charge is 0.191 e. The molecule has 1 aliphatic carbocycles. The number of hydrogen-bond donors (Lipinski definition) is 2. The molecule has 4 rings (SSSR count). The second-order valence-corrected chi connectivity index (χ2v) is 7.82.